The molecule has 0 aliphatic rings. The summed E-state index contributed by atoms with van der Waals surface area (Å²) in [6.07, 6.45) is 1.55. The van der Waals surface area contributed by atoms with Crippen molar-refractivity contribution in [3.05, 3.63) is 30.2 Å². The number of nitrogens with one attached hydrogen (secondary N) is 1. The van der Waals surface area contributed by atoms with E-state index in [2.05, 4.69) is 21.9 Å². The molecule has 0 fully saturated rings. The summed E-state index contributed by atoms with van der Waals surface area (Å²) in [5.74, 6) is 0.821. The molecule has 0 unspecified atom stereocenters. The van der Waals surface area contributed by atoms with Crippen LogP contribution in [-0.4, -0.2) is 16.5 Å². The zero-order valence-electron chi connectivity index (χ0n) is 7.41. The minimum absolute atomic E-state index is 0.173. The van der Waals surface area contributed by atoms with Crippen molar-refractivity contribution in [3.63, 3.8) is 0 Å². The second-order valence-electron chi connectivity index (χ2n) is 2.69. The number of hydrogen-bond donors (Lipinski definition) is 1. The van der Waals surface area contributed by atoms with Gasteiger partial charge >= 0.3 is 0 Å². The van der Waals surface area contributed by atoms with Gasteiger partial charge in [0.05, 0.1) is 0 Å². The Bertz CT molecular complexity index is 351. The standard InChI is InChI=1S/C9H10N4/c1-7(2)6-12-8-3-4-11-9(5-10)13-8/h3-4H,1,6H2,2H3,(H,11,12,13). The molecule has 0 aliphatic carbocycles. The van der Waals surface area contributed by atoms with Crippen LogP contribution in [0, 0.1) is 11.3 Å². The summed E-state index contributed by atoms with van der Waals surface area (Å²) in [5, 5.41) is 11.5. The molecule has 0 atom stereocenters. The van der Waals surface area contributed by atoms with Crippen LogP contribution in [0.25, 0.3) is 0 Å². The van der Waals surface area contributed by atoms with Crippen molar-refractivity contribution in [1.29, 1.82) is 5.26 Å². The van der Waals surface area contributed by atoms with E-state index in [0.717, 1.165) is 5.57 Å². The van der Waals surface area contributed by atoms with Crippen LogP contribution in [-0.2, 0) is 0 Å². The molecule has 0 spiro atoms. The lowest BCUT2D eigenvalue weighted by Gasteiger charge is -2.03. The van der Waals surface area contributed by atoms with Crippen LogP contribution in [0.15, 0.2) is 24.4 Å². The molecular formula is C9H10N4. The van der Waals surface area contributed by atoms with Crippen molar-refractivity contribution in [3.8, 4) is 6.07 Å². The van der Waals surface area contributed by atoms with Gasteiger partial charge in [0, 0.05) is 12.7 Å². The number of rotatable bonds is 3. The molecule has 0 aromatic carbocycles. The van der Waals surface area contributed by atoms with Gasteiger partial charge in [0.2, 0.25) is 5.82 Å². The molecular weight excluding hydrogens is 164 g/mol. The molecule has 4 nitrogen and oxygen atoms in total. The topological polar surface area (TPSA) is 61.6 Å². The Morgan fingerprint density at radius 2 is 2.54 bits per heavy atom. The van der Waals surface area contributed by atoms with Crippen molar-refractivity contribution in [2.24, 2.45) is 0 Å². The molecule has 0 amide bonds. The van der Waals surface area contributed by atoms with Gasteiger partial charge in [0.25, 0.3) is 0 Å². The first-order chi connectivity index (χ1) is 6.22. The lowest BCUT2D eigenvalue weighted by atomic mass is 10.3. The lowest BCUT2D eigenvalue weighted by Crippen LogP contribution is -2.04. The minimum Gasteiger partial charge on any atom is -0.366 e. The van der Waals surface area contributed by atoms with Crippen LogP contribution >= 0.6 is 0 Å². The van der Waals surface area contributed by atoms with Crippen LogP contribution < -0.4 is 5.32 Å². The summed E-state index contributed by atoms with van der Waals surface area (Å²) in [7, 11) is 0. The highest BCUT2D eigenvalue weighted by molar-refractivity contribution is 5.36. The van der Waals surface area contributed by atoms with Gasteiger partial charge in [-0.05, 0) is 13.0 Å². The van der Waals surface area contributed by atoms with E-state index in [9.17, 15) is 0 Å². The van der Waals surface area contributed by atoms with E-state index in [1.165, 1.54) is 0 Å². The fourth-order valence-corrected chi connectivity index (χ4v) is 0.752. The highest BCUT2D eigenvalue weighted by atomic mass is 15.0. The second kappa shape index (κ2) is 4.21. The van der Waals surface area contributed by atoms with Gasteiger partial charge in [-0.1, -0.05) is 12.2 Å². The average molecular weight is 174 g/mol. The van der Waals surface area contributed by atoms with Crippen LogP contribution in [0.2, 0.25) is 0 Å². The number of hydrogen-bond acceptors (Lipinski definition) is 4. The normalized spacial score (nSPS) is 8.92. The first kappa shape index (κ1) is 9.20. The molecule has 1 N–H and O–H groups in total. The molecule has 0 radical (unpaired) electrons. The first-order valence-corrected chi connectivity index (χ1v) is 3.84. The Labute approximate surface area is 76.9 Å². The average Bonchev–Trinajstić information content (AvgIpc) is 2.15. The second-order valence-corrected chi connectivity index (χ2v) is 2.69. The molecule has 0 bridgehead atoms. The van der Waals surface area contributed by atoms with Gasteiger partial charge in [0.1, 0.15) is 11.9 Å². The highest BCUT2D eigenvalue weighted by Gasteiger charge is 1.96. The first-order valence-electron chi connectivity index (χ1n) is 3.84. The highest BCUT2D eigenvalue weighted by Crippen LogP contribution is 2.01. The third-order valence-electron chi connectivity index (χ3n) is 1.33. The van der Waals surface area contributed by atoms with Crippen LogP contribution in [0.1, 0.15) is 12.7 Å². The monoisotopic (exact) mass is 174 g/mol. The minimum atomic E-state index is 0.173. The quantitative estimate of drug-likeness (QED) is 0.702. The molecule has 66 valence electrons. The molecule has 0 saturated carbocycles. The van der Waals surface area contributed by atoms with E-state index in [1.807, 2.05) is 13.0 Å². The summed E-state index contributed by atoms with van der Waals surface area (Å²) in [6.45, 7) is 6.31. The van der Waals surface area contributed by atoms with E-state index < -0.39 is 0 Å². The number of nitrogens with zero attached hydrogens (tertiary/aromatic N) is 3. The summed E-state index contributed by atoms with van der Waals surface area (Å²) >= 11 is 0. The Kier molecular flexibility index (Phi) is 2.98. The summed E-state index contributed by atoms with van der Waals surface area (Å²) in [5.41, 5.74) is 1.01. The smallest absolute Gasteiger partial charge is 0.234 e. The molecule has 1 aromatic rings. The predicted molar refractivity (Wildman–Crippen MR) is 50.1 cm³/mol. The SMILES string of the molecule is C=C(C)CNc1ccnc(C#N)n1. The molecule has 0 aliphatic heterocycles. The third kappa shape index (κ3) is 2.91. The van der Waals surface area contributed by atoms with Crippen molar-refractivity contribution < 1.29 is 0 Å². The molecule has 4 heteroatoms. The molecule has 13 heavy (non-hydrogen) atoms. The van der Waals surface area contributed by atoms with Gasteiger partial charge in [-0.3, -0.25) is 0 Å². The Hall–Kier alpha value is -1.89. The maximum absolute atomic E-state index is 8.52. The van der Waals surface area contributed by atoms with Gasteiger partial charge in [-0.15, -0.1) is 0 Å². The van der Waals surface area contributed by atoms with Crippen molar-refractivity contribution in [2.75, 3.05) is 11.9 Å². The number of nitriles is 1. The molecule has 1 aromatic heterocycles. The van der Waals surface area contributed by atoms with E-state index in [4.69, 9.17) is 5.26 Å². The van der Waals surface area contributed by atoms with Crippen molar-refractivity contribution >= 4 is 5.82 Å². The van der Waals surface area contributed by atoms with E-state index >= 15 is 0 Å². The van der Waals surface area contributed by atoms with Crippen LogP contribution in [0.4, 0.5) is 5.82 Å². The van der Waals surface area contributed by atoms with Crippen LogP contribution in [0.5, 0.6) is 0 Å². The molecule has 0 saturated heterocycles. The van der Waals surface area contributed by atoms with Crippen LogP contribution in [0.3, 0.4) is 0 Å². The van der Waals surface area contributed by atoms with Crippen molar-refractivity contribution in [1.82, 2.24) is 9.97 Å². The van der Waals surface area contributed by atoms with Crippen molar-refractivity contribution in [2.45, 2.75) is 6.92 Å². The lowest BCUT2D eigenvalue weighted by molar-refractivity contribution is 1.08. The zero-order chi connectivity index (χ0) is 9.68. The van der Waals surface area contributed by atoms with E-state index in [0.29, 0.717) is 12.4 Å². The largest absolute Gasteiger partial charge is 0.366 e. The Balaban J connectivity index is 2.68. The predicted octanol–water partition coefficient (Wildman–Crippen LogP) is 1.34. The fourth-order valence-electron chi connectivity index (χ4n) is 0.752. The van der Waals surface area contributed by atoms with Gasteiger partial charge in [-0.25, -0.2) is 9.97 Å². The molecule has 1 rings (SSSR count). The summed E-state index contributed by atoms with van der Waals surface area (Å²) in [4.78, 5) is 7.69. The summed E-state index contributed by atoms with van der Waals surface area (Å²) in [6, 6.07) is 3.58. The Morgan fingerprint density at radius 3 is 3.15 bits per heavy atom. The number of anilines is 1. The molecule has 1 heterocycles. The van der Waals surface area contributed by atoms with Gasteiger partial charge in [0.15, 0.2) is 0 Å². The zero-order valence-corrected chi connectivity index (χ0v) is 7.41. The van der Waals surface area contributed by atoms with E-state index in [1.54, 1.807) is 12.3 Å². The maximum atomic E-state index is 8.52. The third-order valence-corrected chi connectivity index (χ3v) is 1.33. The van der Waals surface area contributed by atoms with E-state index in [-0.39, 0.29) is 5.82 Å². The Morgan fingerprint density at radius 1 is 1.77 bits per heavy atom. The maximum Gasteiger partial charge on any atom is 0.234 e. The summed E-state index contributed by atoms with van der Waals surface area (Å²) < 4.78 is 0. The fraction of sp³-hybridized carbons (Fsp3) is 0.222. The van der Waals surface area contributed by atoms with Gasteiger partial charge in [-0.2, -0.15) is 5.26 Å². The van der Waals surface area contributed by atoms with Gasteiger partial charge < -0.3 is 5.32 Å². The number of aromatic nitrogens is 2.